The minimum absolute atomic E-state index is 0.177. The van der Waals surface area contributed by atoms with Gasteiger partial charge in [-0.3, -0.25) is 9.78 Å². The molecular weight excluding hydrogens is 588 g/mol. The number of hydrogen-bond donors (Lipinski definition) is 0. The lowest BCUT2D eigenvalue weighted by atomic mass is 10.1. The van der Waals surface area contributed by atoms with Crippen molar-refractivity contribution < 1.29 is 33.3 Å². The molecule has 3 aromatic heterocycles. The van der Waals surface area contributed by atoms with Gasteiger partial charge in [-0.2, -0.15) is 10.1 Å². The highest BCUT2D eigenvalue weighted by Gasteiger charge is 2.36. The second-order valence-corrected chi connectivity index (χ2v) is 13.1. The molecule has 0 saturated heterocycles. The molecule has 0 atom stereocenters. The van der Waals surface area contributed by atoms with Gasteiger partial charge in [0.05, 0.1) is 30.5 Å². The zero-order valence-corrected chi connectivity index (χ0v) is 27.5. The number of pyridine rings is 1. The van der Waals surface area contributed by atoms with E-state index in [4.69, 9.17) is 24.0 Å². The van der Waals surface area contributed by atoms with Crippen LogP contribution in [0.1, 0.15) is 77.4 Å². The van der Waals surface area contributed by atoms with E-state index in [-0.39, 0.29) is 24.7 Å². The predicted octanol–water partition coefficient (Wildman–Crippen LogP) is 5.97. The molecule has 0 N–H and O–H groups in total. The van der Waals surface area contributed by atoms with Gasteiger partial charge in [-0.25, -0.2) is 19.3 Å². The number of ether oxygens (including phenoxy) is 4. The molecule has 0 unspecified atom stereocenters. The lowest BCUT2D eigenvalue weighted by molar-refractivity contribution is -0.138. The van der Waals surface area contributed by atoms with Gasteiger partial charge in [0.25, 0.3) is 0 Å². The SMILES string of the molecule is CCC(=O)OC1=Cc2nn(Cc3ncc(C)c(OC)c3C)c3nc(N(C(=O)OC(C)(C)C)C(=O)OC(C)(C)C)nc(c23)SC1. The van der Waals surface area contributed by atoms with Gasteiger partial charge in [0.1, 0.15) is 33.4 Å². The van der Waals surface area contributed by atoms with Crippen molar-refractivity contribution in [2.45, 2.75) is 91.5 Å². The second kappa shape index (κ2) is 12.4. The highest BCUT2D eigenvalue weighted by Crippen LogP contribution is 2.37. The fourth-order valence-corrected chi connectivity index (χ4v) is 5.22. The maximum absolute atomic E-state index is 13.4. The van der Waals surface area contributed by atoms with E-state index < -0.39 is 29.4 Å². The van der Waals surface area contributed by atoms with Gasteiger partial charge < -0.3 is 18.9 Å². The van der Waals surface area contributed by atoms with Crippen molar-refractivity contribution in [2.75, 3.05) is 17.8 Å². The molecule has 2 amide bonds. The Hall–Kier alpha value is -4.20. The third kappa shape index (κ3) is 7.29. The predicted molar refractivity (Wildman–Crippen MR) is 165 cm³/mol. The van der Waals surface area contributed by atoms with E-state index in [0.29, 0.717) is 43.9 Å². The number of rotatable bonds is 6. The topological polar surface area (TPSA) is 148 Å². The molecule has 4 rings (SSSR count). The molecule has 44 heavy (non-hydrogen) atoms. The van der Waals surface area contributed by atoms with Crippen LogP contribution in [-0.2, 0) is 25.5 Å². The Balaban J connectivity index is 1.93. The Labute approximate surface area is 260 Å². The third-order valence-corrected chi connectivity index (χ3v) is 7.16. The summed E-state index contributed by atoms with van der Waals surface area (Å²) in [7, 11) is 1.60. The summed E-state index contributed by atoms with van der Waals surface area (Å²) in [4.78, 5) is 53.6. The van der Waals surface area contributed by atoms with Gasteiger partial charge >= 0.3 is 18.2 Å². The molecule has 236 valence electrons. The van der Waals surface area contributed by atoms with Crippen molar-refractivity contribution in [1.82, 2.24) is 24.7 Å². The van der Waals surface area contributed by atoms with Crippen molar-refractivity contribution in [3.05, 3.63) is 34.5 Å². The number of methoxy groups -OCH3 is 1. The van der Waals surface area contributed by atoms with Crippen LogP contribution < -0.4 is 9.64 Å². The second-order valence-electron chi connectivity index (χ2n) is 12.1. The molecule has 0 radical (unpaired) electrons. The number of nitrogens with zero attached hydrogens (tertiary/aromatic N) is 6. The van der Waals surface area contributed by atoms with Crippen LogP contribution in [0.3, 0.4) is 0 Å². The van der Waals surface area contributed by atoms with Crippen LogP contribution >= 0.6 is 11.8 Å². The standard InChI is InChI=1S/C30H38N6O7S/c1-11-21(37)41-18-12-19-22-24(35(34-19)14-20-17(3)23(40-10)16(2)13-31-20)32-26(33-25(22)44-15-18)36(27(38)42-29(4,5)6)28(39)43-30(7,8)9/h12-13H,11,14-15H2,1-10H3. The smallest absolute Gasteiger partial charge is 0.427 e. The Morgan fingerprint density at radius 3 is 2.23 bits per heavy atom. The Morgan fingerprint density at radius 2 is 1.66 bits per heavy atom. The lowest BCUT2D eigenvalue weighted by Gasteiger charge is -2.27. The number of anilines is 1. The summed E-state index contributed by atoms with van der Waals surface area (Å²) in [5.41, 5.74) is 1.32. The third-order valence-electron chi connectivity index (χ3n) is 6.16. The molecule has 1 aliphatic heterocycles. The summed E-state index contributed by atoms with van der Waals surface area (Å²) in [6, 6.07) is 0. The Bertz CT molecular complexity index is 1620. The van der Waals surface area contributed by atoms with Crippen molar-refractivity contribution >= 4 is 53.0 Å². The summed E-state index contributed by atoms with van der Waals surface area (Å²) < 4.78 is 23.9. The lowest BCUT2D eigenvalue weighted by Crippen LogP contribution is -2.44. The van der Waals surface area contributed by atoms with Gasteiger partial charge in [-0.1, -0.05) is 18.7 Å². The highest BCUT2D eigenvalue weighted by molar-refractivity contribution is 7.99. The van der Waals surface area contributed by atoms with E-state index in [2.05, 4.69) is 15.0 Å². The maximum atomic E-state index is 13.4. The van der Waals surface area contributed by atoms with Crippen molar-refractivity contribution in [2.24, 2.45) is 0 Å². The molecular formula is C30H38N6O7S. The van der Waals surface area contributed by atoms with Crippen LogP contribution in [0.25, 0.3) is 17.1 Å². The summed E-state index contributed by atoms with van der Waals surface area (Å²) in [5, 5.41) is 5.77. The van der Waals surface area contributed by atoms with E-state index in [9.17, 15) is 14.4 Å². The first-order valence-corrected chi connectivity index (χ1v) is 15.1. The fourth-order valence-electron chi connectivity index (χ4n) is 4.31. The number of imide groups is 1. The number of aromatic nitrogens is 5. The number of thioether (sulfide) groups is 1. The summed E-state index contributed by atoms with van der Waals surface area (Å²) in [6.45, 7) is 15.8. The largest absolute Gasteiger partial charge is 0.496 e. The molecule has 4 heterocycles. The molecule has 0 aromatic carbocycles. The van der Waals surface area contributed by atoms with E-state index >= 15 is 0 Å². The number of amides is 2. The first-order valence-electron chi connectivity index (χ1n) is 14.1. The molecule has 0 spiro atoms. The number of carbonyl (C=O) groups excluding carboxylic acids is 3. The molecule has 1 aliphatic rings. The molecule has 0 saturated carbocycles. The van der Waals surface area contributed by atoms with Crippen LogP contribution in [0.4, 0.5) is 15.5 Å². The van der Waals surface area contributed by atoms with E-state index in [1.807, 2.05) is 13.8 Å². The van der Waals surface area contributed by atoms with Crippen LogP contribution in [-0.4, -0.2) is 67.0 Å². The molecule has 0 fully saturated rings. The van der Waals surface area contributed by atoms with Gasteiger partial charge in [-0.05, 0) is 55.4 Å². The first kappa shape index (κ1) is 32.7. The van der Waals surface area contributed by atoms with Crippen LogP contribution in [0, 0.1) is 13.8 Å². The Kier molecular flexibility index (Phi) is 9.24. The molecule has 0 bridgehead atoms. The van der Waals surface area contributed by atoms with Gasteiger partial charge in [-0.15, -0.1) is 4.90 Å². The quantitative estimate of drug-likeness (QED) is 0.180. The average Bonchev–Trinajstić information content (AvgIpc) is 3.13. The van der Waals surface area contributed by atoms with Gasteiger partial charge in [0.2, 0.25) is 5.95 Å². The first-order chi connectivity index (χ1) is 20.5. The summed E-state index contributed by atoms with van der Waals surface area (Å²) >= 11 is 1.26. The highest BCUT2D eigenvalue weighted by atomic mass is 32.2. The van der Waals surface area contributed by atoms with E-state index in [1.54, 1.807) is 72.5 Å². The average molecular weight is 627 g/mol. The summed E-state index contributed by atoms with van der Waals surface area (Å²) in [6.07, 6.45) is 1.59. The monoisotopic (exact) mass is 626 g/mol. The van der Waals surface area contributed by atoms with E-state index in [1.165, 1.54) is 11.8 Å². The van der Waals surface area contributed by atoms with Crippen molar-refractivity contribution in [3.8, 4) is 5.75 Å². The van der Waals surface area contributed by atoms with Crippen LogP contribution in [0.2, 0.25) is 0 Å². The molecule has 13 nitrogen and oxygen atoms in total. The summed E-state index contributed by atoms with van der Waals surface area (Å²) in [5.74, 6) is 0.696. The van der Waals surface area contributed by atoms with Crippen LogP contribution in [0.5, 0.6) is 5.75 Å². The molecule has 3 aromatic rings. The Morgan fingerprint density at radius 1 is 1.02 bits per heavy atom. The normalized spacial score (nSPS) is 13.2. The number of aryl methyl sites for hydroxylation is 1. The minimum Gasteiger partial charge on any atom is -0.496 e. The van der Waals surface area contributed by atoms with Gasteiger partial charge in [0.15, 0.2) is 5.65 Å². The van der Waals surface area contributed by atoms with Gasteiger partial charge in [0, 0.05) is 29.8 Å². The zero-order chi connectivity index (χ0) is 32.6. The number of hydrogen-bond acceptors (Lipinski definition) is 12. The number of esters is 1. The maximum Gasteiger partial charge on any atom is 0.427 e. The number of carbonyl (C=O) groups is 3. The molecule has 14 heteroatoms. The van der Waals surface area contributed by atoms with Crippen molar-refractivity contribution in [3.63, 3.8) is 0 Å². The fraction of sp³-hybridized carbons (Fsp3) is 0.500. The zero-order valence-electron chi connectivity index (χ0n) is 26.7. The van der Waals surface area contributed by atoms with Crippen LogP contribution in [0.15, 0.2) is 17.0 Å². The van der Waals surface area contributed by atoms with E-state index in [0.717, 1.165) is 11.1 Å². The van der Waals surface area contributed by atoms with Crippen molar-refractivity contribution in [1.29, 1.82) is 0 Å². The molecule has 0 aliphatic carbocycles. The minimum atomic E-state index is -1.00.